The summed E-state index contributed by atoms with van der Waals surface area (Å²) < 4.78 is 0. The maximum absolute atomic E-state index is 2.43. The summed E-state index contributed by atoms with van der Waals surface area (Å²) in [5.74, 6) is 0. The fourth-order valence-corrected chi connectivity index (χ4v) is 7.21. The van der Waals surface area contributed by atoms with E-state index in [2.05, 4.69) is 205 Å². The molecule has 0 fully saturated rings. The van der Waals surface area contributed by atoms with Crippen LogP contribution < -0.4 is 4.90 Å². The van der Waals surface area contributed by atoms with Gasteiger partial charge < -0.3 is 4.90 Å². The van der Waals surface area contributed by atoms with E-state index in [1.165, 1.54) is 65.7 Å². The average Bonchev–Trinajstić information content (AvgIpc) is 3.19. The Bertz CT molecular complexity index is 2550. The summed E-state index contributed by atoms with van der Waals surface area (Å²) in [6, 6.07) is 72.4. The zero-order valence-corrected chi connectivity index (χ0v) is 27.0. The van der Waals surface area contributed by atoms with E-state index in [9.17, 15) is 0 Å². The Kier molecular flexibility index (Phi) is 7.22. The molecule has 9 aromatic carbocycles. The molecule has 0 amide bonds. The van der Waals surface area contributed by atoms with Gasteiger partial charge in [-0.15, -0.1) is 0 Å². The minimum atomic E-state index is 1.11. The molecule has 0 heterocycles. The lowest BCUT2D eigenvalue weighted by Gasteiger charge is -2.28. The minimum absolute atomic E-state index is 1.11. The SMILES string of the molecule is c1ccc(-c2ccc(-c3ccc(N(c4cccc(-c5ccccc5)c4)c4cc5ccccc5c5c4ccc4ccccc45)cc3)cc2)cc1. The Hall–Kier alpha value is -6.44. The molecule has 0 bridgehead atoms. The Morgan fingerprint density at radius 3 is 1.41 bits per heavy atom. The van der Waals surface area contributed by atoms with E-state index in [0.717, 1.165) is 17.1 Å². The summed E-state index contributed by atoms with van der Waals surface area (Å²) in [7, 11) is 0. The molecule has 0 saturated carbocycles. The number of hydrogen-bond donors (Lipinski definition) is 0. The average molecular weight is 624 g/mol. The van der Waals surface area contributed by atoms with Gasteiger partial charge in [-0.05, 0) is 90.6 Å². The van der Waals surface area contributed by atoms with Gasteiger partial charge >= 0.3 is 0 Å². The van der Waals surface area contributed by atoms with Crippen molar-refractivity contribution in [3.05, 3.63) is 200 Å². The fraction of sp³-hybridized carbons (Fsp3) is 0. The van der Waals surface area contributed by atoms with Crippen molar-refractivity contribution in [2.45, 2.75) is 0 Å². The van der Waals surface area contributed by atoms with Gasteiger partial charge in [0.25, 0.3) is 0 Å². The van der Waals surface area contributed by atoms with E-state index in [1.807, 2.05) is 0 Å². The highest BCUT2D eigenvalue weighted by molar-refractivity contribution is 6.24. The van der Waals surface area contributed by atoms with Crippen molar-refractivity contribution in [2.24, 2.45) is 0 Å². The van der Waals surface area contributed by atoms with Gasteiger partial charge in [-0.1, -0.05) is 170 Å². The molecule has 0 aliphatic rings. The van der Waals surface area contributed by atoms with E-state index in [-0.39, 0.29) is 0 Å². The van der Waals surface area contributed by atoms with Crippen LogP contribution >= 0.6 is 0 Å². The monoisotopic (exact) mass is 623 g/mol. The molecule has 0 atom stereocenters. The third-order valence-electron chi connectivity index (χ3n) is 9.63. The third-order valence-corrected chi connectivity index (χ3v) is 9.63. The Balaban J connectivity index is 1.23. The maximum Gasteiger partial charge on any atom is 0.0546 e. The van der Waals surface area contributed by atoms with E-state index < -0.39 is 0 Å². The van der Waals surface area contributed by atoms with Crippen molar-refractivity contribution in [3.63, 3.8) is 0 Å². The molecule has 9 rings (SSSR count). The van der Waals surface area contributed by atoms with Crippen molar-refractivity contribution >= 4 is 49.4 Å². The maximum atomic E-state index is 2.43. The summed E-state index contributed by atoms with van der Waals surface area (Å²) in [6.45, 7) is 0. The lowest BCUT2D eigenvalue weighted by atomic mass is 9.94. The molecule has 0 unspecified atom stereocenters. The van der Waals surface area contributed by atoms with E-state index in [1.54, 1.807) is 0 Å². The second-order valence-electron chi connectivity index (χ2n) is 12.6. The predicted molar refractivity (Wildman–Crippen MR) is 210 cm³/mol. The van der Waals surface area contributed by atoms with E-state index in [4.69, 9.17) is 0 Å². The molecule has 0 aliphatic carbocycles. The number of fused-ring (bicyclic) bond motifs is 5. The van der Waals surface area contributed by atoms with Crippen molar-refractivity contribution in [3.8, 4) is 33.4 Å². The molecule has 0 spiro atoms. The number of benzene rings is 9. The quantitative estimate of drug-likeness (QED) is 0.167. The van der Waals surface area contributed by atoms with Gasteiger partial charge in [0, 0.05) is 16.8 Å². The molecule has 230 valence electrons. The second-order valence-corrected chi connectivity index (χ2v) is 12.6. The smallest absolute Gasteiger partial charge is 0.0546 e. The van der Waals surface area contributed by atoms with Crippen molar-refractivity contribution in [1.29, 1.82) is 0 Å². The highest BCUT2D eigenvalue weighted by Gasteiger charge is 2.19. The first-order chi connectivity index (χ1) is 24.3. The summed E-state index contributed by atoms with van der Waals surface area (Å²) in [6.07, 6.45) is 0. The highest BCUT2D eigenvalue weighted by atomic mass is 15.1. The molecular weight excluding hydrogens is 591 g/mol. The molecule has 0 radical (unpaired) electrons. The van der Waals surface area contributed by atoms with Crippen LogP contribution in [0.25, 0.3) is 65.7 Å². The van der Waals surface area contributed by atoms with Gasteiger partial charge in [-0.25, -0.2) is 0 Å². The zero-order valence-electron chi connectivity index (χ0n) is 27.0. The van der Waals surface area contributed by atoms with Gasteiger partial charge in [-0.3, -0.25) is 0 Å². The first-order valence-electron chi connectivity index (χ1n) is 16.8. The zero-order chi connectivity index (χ0) is 32.6. The number of nitrogens with zero attached hydrogens (tertiary/aromatic N) is 1. The van der Waals surface area contributed by atoms with Crippen LogP contribution in [0.3, 0.4) is 0 Å². The molecule has 49 heavy (non-hydrogen) atoms. The number of hydrogen-bond acceptors (Lipinski definition) is 1. The van der Waals surface area contributed by atoms with Crippen LogP contribution in [-0.2, 0) is 0 Å². The van der Waals surface area contributed by atoms with Crippen LogP contribution in [0.15, 0.2) is 200 Å². The standard InChI is InChI=1S/C48H33N/c1-3-12-34(13-4-1)36-22-24-37(25-23-36)38-26-29-42(30-27-38)49(43-19-11-18-40(32-43)35-14-5-2-6-15-35)47-33-41-17-8-10-21-45(41)48-44-20-9-7-16-39(44)28-31-46(47)48/h1-33H. The molecule has 0 N–H and O–H groups in total. The van der Waals surface area contributed by atoms with Crippen LogP contribution in [0.2, 0.25) is 0 Å². The first-order valence-corrected chi connectivity index (χ1v) is 16.8. The normalized spacial score (nSPS) is 11.3. The molecule has 1 nitrogen and oxygen atoms in total. The topological polar surface area (TPSA) is 3.24 Å². The molecule has 0 saturated heterocycles. The Labute approximate surface area is 287 Å². The fourth-order valence-electron chi connectivity index (χ4n) is 7.21. The molecular formula is C48H33N. The predicted octanol–water partition coefficient (Wildman–Crippen LogP) is 13.6. The molecule has 9 aromatic rings. The Morgan fingerprint density at radius 2 is 0.755 bits per heavy atom. The Morgan fingerprint density at radius 1 is 0.265 bits per heavy atom. The molecule has 1 heteroatoms. The molecule has 0 aliphatic heterocycles. The first kappa shape index (κ1) is 28.8. The van der Waals surface area contributed by atoms with Gasteiger partial charge in [0.15, 0.2) is 0 Å². The summed E-state index contributed by atoms with van der Waals surface area (Å²) in [5.41, 5.74) is 10.6. The summed E-state index contributed by atoms with van der Waals surface area (Å²) in [4.78, 5) is 2.43. The van der Waals surface area contributed by atoms with Crippen molar-refractivity contribution in [1.82, 2.24) is 0 Å². The van der Waals surface area contributed by atoms with E-state index >= 15 is 0 Å². The van der Waals surface area contributed by atoms with Crippen LogP contribution in [0.5, 0.6) is 0 Å². The third kappa shape index (κ3) is 5.32. The van der Waals surface area contributed by atoms with Gasteiger partial charge in [-0.2, -0.15) is 0 Å². The summed E-state index contributed by atoms with van der Waals surface area (Å²) in [5, 5.41) is 7.52. The molecule has 0 aromatic heterocycles. The number of rotatable bonds is 6. The van der Waals surface area contributed by atoms with Crippen LogP contribution in [0, 0.1) is 0 Å². The van der Waals surface area contributed by atoms with Crippen molar-refractivity contribution in [2.75, 3.05) is 4.90 Å². The van der Waals surface area contributed by atoms with Crippen LogP contribution in [-0.4, -0.2) is 0 Å². The van der Waals surface area contributed by atoms with E-state index in [0.29, 0.717) is 0 Å². The minimum Gasteiger partial charge on any atom is -0.310 e. The van der Waals surface area contributed by atoms with Crippen LogP contribution in [0.1, 0.15) is 0 Å². The summed E-state index contributed by atoms with van der Waals surface area (Å²) >= 11 is 0. The largest absolute Gasteiger partial charge is 0.310 e. The van der Waals surface area contributed by atoms with Gasteiger partial charge in [0.05, 0.1) is 5.69 Å². The number of anilines is 3. The van der Waals surface area contributed by atoms with Crippen molar-refractivity contribution < 1.29 is 0 Å². The second kappa shape index (κ2) is 12.3. The van der Waals surface area contributed by atoms with Gasteiger partial charge in [0.1, 0.15) is 0 Å². The van der Waals surface area contributed by atoms with Crippen LogP contribution in [0.4, 0.5) is 17.1 Å². The van der Waals surface area contributed by atoms with Gasteiger partial charge in [0.2, 0.25) is 0 Å². The lowest BCUT2D eigenvalue weighted by molar-refractivity contribution is 1.30. The lowest BCUT2D eigenvalue weighted by Crippen LogP contribution is -2.11. The highest BCUT2D eigenvalue weighted by Crippen LogP contribution is 2.45.